The first-order valence-electron chi connectivity index (χ1n) is 12.8. The molecule has 37 heavy (non-hydrogen) atoms. The predicted octanol–water partition coefficient (Wildman–Crippen LogP) is 4.03. The number of fused-ring (bicyclic) bond motifs is 3. The number of aromatic nitrogens is 3. The van der Waals surface area contributed by atoms with Gasteiger partial charge in [-0.3, -0.25) is 4.90 Å². The van der Waals surface area contributed by atoms with E-state index in [1.165, 1.54) is 30.2 Å². The zero-order chi connectivity index (χ0) is 25.6. The third-order valence-corrected chi connectivity index (χ3v) is 8.66. The Kier molecular flexibility index (Phi) is 6.36. The molecule has 6 rings (SSSR count). The fraction of sp³-hybridized carbons (Fsp3) is 0.538. The molecule has 0 amide bonds. The van der Waals surface area contributed by atoms with Crippen LogP contribution in [0.1, 0.15) is 36.9 Å². The van der Waals surface area contributed by atoms with E-state index in [1.54, 1.807) is 19.5 Å². The van der Waals surface area contributed by atoms with E-state index in [9.17, 15) is 4.39 Å². The lowest BCUT2D eigenvalue weighted by molar-refractivity contribution is 0.106. The largest absolute Gasteiger partial charge is 0.481 e. The van der Waals surface area contributed by atoms with Crippen LogP contribution in [0.15, 0.2) is 17.1 Å². The normalized spacial score (nSPS) is 19.0. The van der Waals surface area contributed by atoms with Gasteiger partial charge in [0.1, 0.15) is 17.9 Å². The van der Waals surface area contributed by atoms with Crippen molar-refractivity contribution in [3.63, 3.8) is 0 Å². The fourth-order valence-corrected chi connectivity index (χ4v) is 6.73. The van der Waals surface area contributed by atoms with E-state index in [2.05, 4.69) is 24.8 Å². The number of methoxy groups -OCH3 is 1. The molecule has 0 radical (unpaired) electrons. The van der Waals surface area contributed by atoms with Crippen molar-refractivity contribution in [3.05, 3.63) is 29.2 Å². The number of anilines is 1. The Labute approximate surface area is 219 Å². The zero-order valence-electron chi connectivity index (χ0n) is 21.5. The van der Waals surface area contributed by atoms with Gasteiger partial charge in [0.15, 0.2) is 0 Å². The summed E-state index contributed by atoms with van der Waals surface area (Å²) in [7, 11) is 5.42. The molecule has 0 spiro atoms. The lowest BCUT2D eigenvalue weighted by atomic mass is 9.95. The molecule has 9 nitrogen and oxygen atoms in total. The predicted molar refractivity (Wildman–Crippen MR) is 143 cm³/mol. The van der Waals surface area contributed by atoms with Crippen LogP contribution in [-0.2, 0) is 13.0 Å². The van der Waals surface area contributed by atoms with Gasteiger partial charge in [-0.25, -0.2) is 14.4 Å². The Balaban J connectivity index is 1.28. The minimum absolute atomic E-state index is 0.121. The molecule has 5 heterocycles. The number of benzene rings is 1. The summed E-state index contributed by atoms with van der Waals surface area (Å²) in [5.41, 5.74) is 3.49. The topological polar surface area (TPSA) is 79.2 Å². The molecule has 0 N–H and O–H groups in total. The van der Waals surface area contributed by atoms with Gasteiger partial charge in [0.25, 0.3) is 0 Å². The number of rotatable bonds is 7. The second-order valence-electron chi connectivity index (χ2n) is 10.3. The lowest BCUT2D eigenvalue weighted by Crippen LogP contribution is -2.43. The van der Waals surface area contributed by atoms with Crippen molar-refractivity contribution in [2.45, 2.75) is 44.2 Å². The molecule has 3 aliphatic rings. The molecular weight excluding hydrogens is 493 g/mol. The highest BCUT2D eigenvalue weighted by atomic mass is 32.1. The fourth-order valence-electron chi connectivity index (χ4n) is 5.90. The summed E-state index contributed by atoms with van der Waals surface area (Å²) in [4.78, 5) is 25.0. The van der Waals surface area contributed by atoms with E-state index in [0.29, 0.717) is 46.8 Å². The Bertz CT molecular complexity index is 1330. The smallest absolute Gasteiger partial charge is 0.320 e. The van der Waals surface area contributed by atoms with Gasteiger partial charge in [0, 0.05) is 26.2 Å². The summed E-state index contributed by atoms with van der Waals surface area (Å²) in [6.45, 7) is 4.16. The first-order chi connectivity index (χ1) is 18.0. The Morgan fingerprint density at radius 1 is 1.16 bits per heavy atom. The van der Waals surface area contributed by atoms with E-state index in [-0.39, 0.29) is 11.4 Å². The van der Waals surface area contributed by atoms with Crippen molar-refractivity contribution < 1.29 is 13.9 Å². The highest BCUT2D eigenvalue weighted by Gasteiger charge is 2.45. The molecule has 3 aliphatic heterocycles. The van der Waals surface area contributed by atoms with Gasteiger partial charge in [-0.2, -0.15) is 9.97 Å². The standard InChI is InChI=1S/C26H32FN7O2S/c1-32(2)16-28-25-30-21-20(7-6-18(27)22(21)37-25)33-13-8-17-19(14-33)29-24(31-23(17)35-3)36-15-26-9-4-11-34(26)12-5-10-26/h6-7,16H,4-5,8-15H2,1-3H3. The summed E-state index contributed by atoms with van der Waals surface area (Å²) in [5, 5.41) is 0.527. The molecule has 196 valence electrons. The number of hydrogen-bond acceptors (Lipinski definition) is 9. The van der Waals surface area contributed by atoms with Crippen LogP contribution in [0.3, 0.4) is 0 Å². The highest BCUT2D eigenvalue weighted by molar-refractivity contribution is 7.22. The number of hydrogen-bond donors (Lipinski definition) is 0. The summed E-state index contributed by atoms with van der Waals surface area (Å²) in [6.07, 6.45) is 7.16. The van der Waals surface area contributed by atoms with Crippen LogP contribution in [0.2, 0.25) is 0 Å². The third kappa shape index (κ3) is 4.48. The number of aliphatic imine (C=N–C) groups is 1. The van der Waals surface area contributed by atoms with E-state index in [0.717, 1.165) is 49.4 Å². The van der Waals surface area contributed by atoms with Crippen molar-refractivity contribution in [2.75, 3.05) is 52.3 Å². The first kappa shape index (κ1) is 24.3. The van der Waals surface area contributed by atoms with Gasteiger partial charge >= 0.3 is 6.01 Å². The van der Waals surface area contributed by atoms with Crippen molar-refractivity contribution >= 4 is 38.7 Å². The van der Waals surface area contributed by atoms with Gasteiger partial charge in [-0.15, -0.1) is 0 Å². The third-order valence-electron chi connectivity index (χ3n) is 7.68. The maximum Gasteiger partial charge on any atom is 0.320 e. The Hall–Kier alpha value is -3.05. The van der Waals surface area contributed by atoms with Crippen LogP contribution in [0.4, 0.5) is 15.2 Å². The maximum absolute atomic E-state index is 14.7. The second kappa shape index (κ2) is 9.68. The second-order valence-corrected chi connectivity index (χ2v) is 11.2. The number of thiazole rings is 1. The van der Waals surface area contributed by atoms with Gasteiger partial charge in [-0.05, 0) is 57.3 Å². The molecule has 0 saturated carbocycles. The Morgan fingerprint density at radius 3 is 2.73 bits per heavy atom. The molecule has 2 aromatic heterocycles. The average Bonchev–Trinajstić information content (AvgIpc) is 3.60. The zero-order valence-corrected chi connectivity index (χ0v) is 22.4. The first-order valence-corrected chi connectivity index (χ1v) is 13.6. The average molecular weight is 526 g/mol. The highest BCUT2D eigenvalue weighted by Crippen LogP contribution is 2.40. The summed E-state index contributed by atoms with van der Waals surface area (Å²) in [6, 6.07) is 3.67. The number of halogens is 1. The molecular formula is C26H32FN7O2S. The monoisotopic (exact) mass is 525 g/mol. The van der Waals surface area contributed by atoms with Crippen molar-refractivity contribution in [1.29, 1.82) is 0 Å². The molecule has 0 bridgehead atoms. The van der Waals surface area contributed by atoms with Crippen LogP contribution in [0, 0.1) is 5.82 Å². The molecule has 2 saturated heterocycles. The van der Waals surface area contributed by atoms with E-state index in [4.69, 9.17) is 14.5 Å². The van der Waals surface area contributed by atoms with Crippen LogP contribution >= 0.6 is 11.3 Å². The summed E-state index contributed by atoms with van der Waals surface area (Å²) in [5.74, 6) is 0.289. The van der Waals surface area contributed by atoms with Crippen LogP contribution < -0.4 is 14.4 Å². The van der Waals surface area contributed by atoms with Crippen molar-refractivity contribution in [3.8, 4) is 11.9 Å². The SMILES string of the molecule is COc1nc(OCC23CCCN2CCC3)nc2c1CCN(c1ccc(F)c3sc(N=CN(C)C)nc13)C2. The van der Waals surface area contributed by atoms with E-state index in [1.807, 2.05) is 19.0 Å². The van der Waals surface area contributed by atoms with Crippen molar-refractivity contribution in [2.24, 2.45) is 4.99 Å². The van der Waals surface area contributed by atoms with Crippen LogP contribution in [0.5, 0.6) is 11.9 Å². The Morgan fingerprint density at radius 2 is 1.97 bits per heavy atom. The lowest BCUT2D eigenvalue weighted by Gasteiger charge is -2.32. The van der Waals surface area contributed by atoms with Crippen LogP contribution in [-0.4, -0.2) is 84.1 Å². The van der Waals surface area contributed by atoms with Crippen molar-refractivity contribution in [1.82, 2.24) is 24.8 Å². The minimum Gasteiger partial charge on any atom is -0.481 e. The van der Waals surface area contributed by atoms with Gasteiger partial charge in [0.2, 0.25) is 11.0 Å². The number of ether oxygens (including phenoxy) is 2. The number of nitrogens with zero attached hydrogens (tertiary/aromatic N) is 7. The molecule has 0 aliphatic carbocycles. The van der Waals surface area contributed by atoms with Crippen LogP contribution in [0.25, 0.3) is 10.2 Å². The van der Waals surface area contributed by atoms with E-state index < -0.39 is 0 Å². The van der Waals surface area contributed by atoms with Gasteiger partial charge < -0.3 is 19.3 Å². The molecule has 0 unspecified atom stereocenters. The minimum atomic E-state index is -0.285. The summed E-state index contributed by atoms with van der Waals surface area (Å²) < 4.78 is 27.1. The maximum atomic E-state index is 14.7. The summed E-state index contributed by atoms with van der Waals surface area (Å²) >= 11 is 1.26. The molecule has 3 aromatic rings. The van der Waals surface area contributed by atoms with E-state index >= 15 is 0 Å². The molecule has 11 heteroatoms. The van der Waals surface area contributed by atoms with Gasteiger partial charge in [0.05, 0.1) is 41.6 Å². The quantitative estimate of drug-likeness (QED) is 0.338. The molecule has 1 aromatic carbocycles. The molecule has 2 fully saturated rings. The van der Waals surface area contributed by atoms with Gasteiger partial charge in [-0.1, -0.05) is 11.3 Å². The molecule has 0 atom stereocenters.